The highest BCUT2D eigenvalue weighted by atomic mass is 19.2. The Balaban J connectivity index is 2.66. The predicted octanol–water partition coefficient (Wildman–Crippen LogP) is 3.23. The van der Waals surface area contributed by atoms with Gasteiger partial charge in [0.15, 0.2) is 11.6 Å². The van der Waals surface area contributed by atoms with Crippen molar-refractivity contribution in [2.75, 3.05) is 0 Å². The fourth-order valence-corrected chi connectivity index (χ4v) is 1.63. The number of nitriles is 1. The first kappa shape index (κ1) is 12.1. The van der Waals surface area contributed by atoms with Crippen LogP contribution in [0.15, 0.2) is 30.5 Å². The van der Waals surface area contributed by atoms with Crippen LogP contribution in [0.3, 0.4) is 0 Å². The molecule has 0 radical (unpaired) electrons. The summed E-state index contributed by atoms with van der Waals surface area (Å²) in [5, 5.41) is 8.63. The first-order valence-corrected chi connectivity index (χ1v) is 5.09. The Morgan fingerprint density at radius 3 is 2.67 bits per heavy atom. The van der Waals surface area contributed by atoms with E-state index >= 15 is 0 Å². The fraction of sp³-hybridized carbons (Fsp3) is 0.0769. The van der Waals surface area contributed by atoms with E-state index < -0.39 is 17.5 Å². The summed E-state index contributed by atoms with van der Waals surface area (Å²) in [7, 11) is 0. The molecule has 90 valence electrons. The summed E-state index contributed by atoms with van der Waals surface area (Å²) in [6.07, 6.45) is 0.832. The number of hydrogen-bond donors (Lipinski definition) is 0. The van der Waals surface area contributed by atoms with Crippen molar-refractivity contribution in [3.05, 3.63) is 53.6 Å². The Morgan fingerprint density at radius 2 is 1.94 bits per heavy atom. The first-order valence-electron chi connectivity index (χ1n) is 5.09. The third kappa shape index (κ3) is 2.18. The van der Waals surface area contributed by atoms with Gasteiger partial charge in [-0.1, -0.05) is 12.1 Å². The van der Waals surface area contributed by atoms with Gasteiger partial charge in [0.25, 0.3) is 0 Å². The van der Waals surface area contributed by atoms with E-state index in [-0.39, 0.29) is 23.2 Å². The SMILES string of the molecule is N#CCc1ncc(F)cc1-c1cccc(F)c1F. The lowest BCUT2D eigenvalue weighted by atomic mass is 10.0. The molecule has 0 saturated heterocycles. The lowest BCUT2D eigenvalue weighted by Gasteiger charge is -2.08. The average Bonchev–Trinajstić information content (AvgIpc) is 2.35. The van der Waals surface area contributed by atoms with E-state index in [1.165, 1.54) is 12.1 Å². The van der Waals surface area contributed by atoms with Crippen LogP contribution in [0.2, 0.25) is 0 Å². The van der Waals surface area contributed by atoms with Gasteiger partial charge in [-0.15, -0.1) is 0 Å². The maximum absolute atomic E-state index is 13.6. The van der Waals surface area contributed by atoms with Crippen molar-refractivity contribution < 1.29 is 13.2 Å². The predicted molar refractivity (Wildman–Crippen MR) is 58.9 cm³/mol. The molecule has 1 heterocycles. The molecule has 0 spiro atoms. The molecule has 0 fully saturated rings. The maximum Gasteiger partial charge on any atom is 0.166 e. The minimum Gasteiger partial charge on any atom is -0.257 e. The Morgan fingerprint density at radius 1 is 1.17 bits per heavy atom. The summed E-state index contributed by atoms with van der Waals surface area (Å²) in [4.78, 5) is 3.73. The summed E-state index contributed by atoms with van der Waals surface area (Å²) in [5.74, 6) is -2.78. The van der Waals surface area contributed by atoms with Gasteiger partial charge in [-0.25, -0.2) is 13.2 Å². The molecule has 0 unspecified atom stereocenters. The van der Waals surface area contributed by atoms with Crippen molar-refractivity contribution in [3.63, 3.8) is 0 Å². The van der Waals surface area contributed by atoms with Crippen molar-refractivity contribution in [1.82, 2.24) is 4.98 Å². The number of aromatic nitrogens is 1. The average molecular weight is 248 g/mol. The molecule has 2 rings (SSSR count). The zero-order chi connectivity index (χ0) is 13.1. The Hall–Kier alpha value is -2.35. The van der Waals surface area contributed by atoms with Crippen molar-refractivity contribution in [2.24, 2.45) is 0 Å². The molecular weight excluding hydrogens is 241 g/mol. The normalized spacial score (nSPS) is 10.1. The number of pyridine rings is 1. The highest BCUT2D eigenvalue weighted by molar-refractivity contribution is 5.67. The lowest BCUT2D eigenvalue weighted by molar-refractivity contribution is 0.511. The van der Waals surface area contributed by atoms with E-state index in [1.807, 2.05) is 6.07 Å². The van der Waals surface area contributed by atoms with Crippen LogP contribution in [0.4, 0.5) is 13.2 Å². The lowest BCUT2D eigenvalue weighted by Crippen LogP contribution is -1.97. The van der Waals surface area contributed by atoms with Crippen LogP contribution in [-0.4, -0.2) is 4.98 Å². The molecule has 2 aromatic rings. The van der Waals surface area contributed by atoms with Crippen molar-refractivity contribution in [2.45, 2.75) is 6.42 Å². The first-order chi connectivity index (χ1) is 8.63. The molecule has 0 saturated carbocycles. The second-order valence-corrected chi connectivity index (χ2v) is 3.58. The summed E-state index contributed by atoms with van der Waals surface area (Å²) < 4.78 is 39.9. The number of benzene rings is 1. The highest BCUT2D eigenvalue weighted by Gasteiger charge is 2.14. The van der Waals surface area contributed by atoms with Crippen LogP contribution < -0.4 is 0 Å². The standard InChI is InChI=1S/C13H7F3N2/c14-8-6-10(12(4-5-17)18-7-8)9-2-1-3-11(15)13(9)16/h1-3,6-7H,4H2. The Labute approximate surface area is 101 Å². The topological polar surface area (TPSA) is 36.7 Å². The molecule has 0 aliphatic heterocycles. The molecule has 0 aliphatic carbocycles. The number of nitrogens with zero attached hydrogens (tertiary/aromatic N) is 2. The van der Waals surface area contributed by atoms with Crippen molar-refractivity contribution in [3.8, 4) is 17.2 Å². The second-order valence-electron chi connectivity index (χ2n) is 3.58. The largest absolute Gasteiger partial charge is 0.257 e. The summed E-state index contributed by atoms with van der Waals surface area (Å²) in [6.45, 7) is 0. The molecule has 0 bridgehead atoms. The van der Waals surface area contributed by atoms with Gasteiger partial charge in [-0.05, 0) is 12.1 Å². The smallest absolute Gasteiger partial charge is 0.166 e. The van der Waals surface area contributed by atoms with Gasteiger partial charge in [0.1, 0.15) is 5.82 Å². The van der Waals surface area contributed by atoms with Crippen LogP contribution in [0.25, 0.3) is 11.1 Å². The molecule has 18 heavy (non-hydrogen) atoms. The molecule has 0 aliphatic rings. The van der Waals surface area contributed by atoms with E-state index in [0.717, 1.165) is 18.3 Å². The molecule has 5 heteroatoms. The summed E-state index contributed by atoms with van der Waals surface area (Å²) in [5.41, 5.74) is 0.198. The molecule has 0 atom stereocenters. The van der Waals surface area contributed by atoms with E-state index in [2.05, 4.69) is 4.98 Å². The molecule has 0 amide bonds. The third-order valence-electron chi connectivity index (χ3n) is 2.43. The molecule has 2 nitrogen and oxygen atoms in total. The van der Waals surface area contributed by atoms with Gasteiger partial charge in [0, 0.05) is 11.1 Å². The van der Waals surface area contributed by atoms with Crippen LogP contribution in [0.1, 0.15) is 5.69 Å². The molecule has 0 N–H and O–H groups in total. The quantitative estimate of drug-likeness (QED) is 0.818. The number of hydrogen-bond acceptors (Lipinski definition) is 2. The van der Waals surface area contributed by atoms with Crippen LogP contribution in [0.5, 0.6) is 0 Å². The minimum absolute atomic E-state index is 0.0913. The van der Waals surface area contributed by atoms with Gasteiger partial charge in [-0.2, -0.15) is 5.26 Å². The zero-order valence-electron chi connectivity index (χ0n) is 9.12. The maximum atomic E-state index is 13.6. The van der Waals surface area contributed by atoms with Crippen LogP contribution in [0, 0.1) is 28.8 Å². The zero-order valence-corrected chi connectivity index (χ0v) is 9.12. The molecular formula is C13H7F3N2. The van der Waals surface area contributed by atoms with Crippen LogP contribution >= 0.6 is 0 Å². The van der Waals surface area contributed by atoms with Crippen molar-refractivity contribution in [1.29, 1.82) is 5.26 Å². The van der Waals surface area contributed by atoms with E-state index in [1.54, 1.807) is 0 Å². The van der Waals surface area contributed by atoms with Crippen LogP contribution in [-0.2, 0) is 6.42 Å². The van der Waals surface area contributed by atoms with E-state index in [0.29, 0.717) is 0 Å². The van der Waals surface area contributed by atoms with Crippen molar-refractivity contribution >= 4 is 0 Å². The molecule has 1 aromatic carbocycles. The minimum atomic E-state index is -1.08. The second kappa shape index (κ2) is 4.88. The number of rotatable bonds is 2. The summed E-state index contributed by atoms with van der Waals surface area (Å²) in [6, 6.07) is 6.48. The number of halogens is 3. The van der Waals surface area contributed by atoms with E-state index in [9.17, 15) is 13.2 Å². The summed E-state index contributed by atoms with van der Waals surface area (Å²) >= 11 is 0. The highest BCUT2D eigenvalue weighted by Crippen LogP contribution is 2.27. The van der Waals surface area contributed by atoms with E-state index in [4.69, 9.17) is 5.26 Å². The fourth-order valence-electron chi connectivity index (χ4n) is 1.63. The Kier molecular flexibility index (Phi) is 3.28. The Bertz CT molecular complexity index is 633. The monoisotopic (exact) mass is 248 g/mol. The van der Waals surface area contributed by atoms with Gasteiger partial charge in [-0.3, -0.25) is 4.98 Å². The molecule has 1 aromatic heterocycles. The van der Waals surface area contributed by atoms with Gasteiger partial charge >= 0.3 is 0 Å². The van der Waals surface area contributed by atoms with Gasteiger partial charge in [0.05, 0.1) is 24.4 Å². The third-order valence-corrected chi connectivity index (χ3v) is 2.43. The van der Waals surface area contributed by atoms with Gasteiger partial charge < -0.3 is 0 Å². The van der Waals surface area contributed by atoms with Gasteiger partial charge in [0.2, 0.25) is 0 Å².